The summed E-state index contributed by atoms with van der Waals surface area (Å²) in [6, 6.07) is 45.0. The van der Waals surface area contributed by atoms with Crippen molar-refractivity contribution in [3.63, 3.8) is 0 Å². The summed E-state index contributed by atoms with van der Waals surface area (Å²) in [5.41, 5.74) is 13.2. The highest BCUT2D eigenvalue weighted by molar-refractivity contribution is 6.18. The Morgan fingerprint density at radius 3 is 1.65 bits per heavy atom. The third kappa shape index (κ3) is 3.77. The summed E-state index contributed by atoms with van der Waals surface area (Å²) < 4.78 is 12.0. The fraction of sp³-hybridized carbons (Fsp3) is 0. The summed E-state index contributed by atoms with van der Waals surface area (Å²) in [5, 5.41) is 2.39. The Kier molecular flexibility index (Phi) is 5.19. The molecule has 0 saturated heterocycles. The van der Waals surface area contributed by atoms with Gasteiger partial charge in [-0.25, -0.2) is 19.9 Å². The van der Waals surface area contributed by atoms with Gasteiger partial charge in [-0.05, 0) is 87.6 Å². The monoisotopic (exact) mass is 590 g/mol. The van der Waals surface area contributed by atoms with Gasteiger partial charge in [0.25, 0.3) is 0 Å². The van der Waals surface area contributed by atoms with E-state index in [4.69, 9.17) is 18.8 Å². The Balaban J connectivity index is 1.06. The van der Waals surface area contributed by atoms with Crippen LogP contribution >= 0.6 is 0 Å². The largest absolute Gasteiger partial charge is 0.435 e. The number of para-hydroxylation sites is 4. The van der Waals surface area contributed by atoms with Crippen molar-refractivity contribution in [3.05, 3.63) is 133 Å². The zero-order chi connectivity index (χ0) is 30.2. The second kappa shape index (κ2) is 9.55. The predicted octanol–water partition coefficient (Wildman–Crippen LogP) is 10.2. The van der Waals surface area contributed by atoms with Crippen molar-refractivity contribution in [3.8, 4) is 67.9 Å². The van der Waals surface area contributed by atoms with Gasteiger partial charge < -0.3 is 8.83 Å². The molecule has 0 bridgehead atoms. The molecule has 0 spiro atoms. The maximum Gasteiger partial charge on any atom is 0.246 e. The Morgan fingerprint density at radius 1 is 0.370 bits per heavy atom. The number of aromatic nitrogens is 4. The van der Waals surface area contributed by atoms with E-state index in [0.717, 1.165) is 50.1 Å². The molecule has 0 radical (unpaired) electrons. The smallest absolute Gasteiger partial charge is 0.246 e. The topological polar surface area (TPSA) is 77.8 Å². The van der Waals surface area contributed by atoms with Crippen molar-refractivity contribution >= 4 is 33.0 Å². The van der Waals surface area contributed by atoms with Crippen LogP contribution in [0.2, 0.25) is 0 Å². The lowest BCUT2D eigenvalue weighted by molar-refractivity contribution is 0.616. The van der Waals surface area contributed by atoms with E-state index in [-0.39, 0.29) is 0 Å². The van der Waals surface area contributed by atoms with Crippen LogP contribution in [-0.4, -0.2) is 19.9 Å². The van der Waals surface area contributed by atoms with Gasteiger partial charge in [0.15, 0.2) is 11.2 Å². The number of oxazole rings is 2. The molecule has 0 aliphatic heterocycles. The molecule has 5 aromatic carbocycles. The van der Waals surface area contributed by atoms with E-state index in [9.17, 15) is 0 Å². The van der Waals surface area contributed by atoms with E-state index in [2.05, 4.69) is 58.5 Å². The number of hydrogen-bond acceptors (Lipinski definition) is 6. The third-order valence-electron chi connectivity index (χ3n) is 8.74. The number of fused-ring (bicyclic) bond motifs is 5. The first-order valence-corrected chi connectivity index (χ1v) is 15.1. The van der Waals surface area contributed by atoms with Gasteiger partial charge in [-0.1, -0.05) is 78.9 Å². The Bertz CT molecular complexity index is 2600. The van der Waals surface area contributed by atoms with Crippen LogP contribution in [0.5, 0.6) is 0 Å². The lowest BCUT2D eigenvalue weighted by Gasteiger charge is -2.10. The van der Waals surface area contributed by atoms with Gasteiger partial charge in [0.1, 0.15) is 22.4 Å². The predicted molar refractivity (Wildman–Crippen MR) is 181 cm³/mol. The van der Waals surface area contributed by atoms with E-state index in [1.54, 1.807) is 0 Å². The van der Waals surface area contributed by atoms with Gasteiger partial charge in [-0.15, -0.1) is 0 Å². The van der Waals surface area contributed by atoms with E-state index in [1.807, 2.05) is 84.9 Å². The Morgan fingerprint density at radius 2 is 0.935 bits per heavy atom. The molecule has 0 amide bonds. The van der Waals surface area contributed by atoms with Crippen LogP contribution in [0, 0.1) is 0 Å². The van der Waals surface area contributed by atoms with Gasteiger partial charge in [0, 0.05) is 11.1 Å². The lowest BCUT2D eigenvalue weighted by Crippen LogP contribution is -1.90. The van der Waals surface area contributed by atoms with E-state index in [0.29, 0.717) is 23.2 Å². The maximum atomic E-state index is 6.03. The first kappa shape index (κ1) is 25.0. The standard InChI is InChI=1S/C40H22N4O2/c1-3-16-36-32(10-1)43-39(45-36)34-14-6-12-30(41-34)23-18-19-24-26-8-5-9-27-25(20-21-28(38(26)27)29(24)22-23)31-13-7-15-35(42-31)40-44-33-11-2-4-17-37(33)46-40/h1-22H. The van der Waals surface area contributed by atoms with Gasteiger partial charge in [0.2, 0.25) is 11.8 Å². The van der Waals surface area contributed by atoms with Crippen molar-refractivity contribution in [1.82, 2.24) is 19.9 Å². The summed E-state index contributed by atoms with van der Waals surface area (Å²) in [6.45, 7) is 0. The molecule has 10 rings (SSSR count). The molecule has 0 atom stereocenters. The second-order valence-corrected chi connectivity index (χ2v) is 11.4. The average Bonchev–Trinajstić information content (AvgIpc) is 3.84. The molecule has 6 heteroatoms. The van der Waals surface area contributed by atoms with Gasteiger partial charge in [-0.2, -0.15) is 0 Å². The van der Waals surface area contributed by atoms with Gasteiger partial charge in [-0.3, -0.25) is 0 Å². The van der Waals surface area contributed by atoms with Crippen LogP contribution in [0.1, 0.15) is 0 Å². The molecule has 4 heterocycles. The van der Waals surface area contributed by atoms with Crippen LogP contribution in [0.4, 0.5) is 0 Å². The molecular weight excluding hydrogens is 568 g/mol. The summed E-state index contributed by atoms with van der Waals surface area (Å²) in [5.74, 6) is 1.03. The normalized spacial score (nSPS) is 11.9. The fourth-order valence-electron chi connectivity index (χ4n) is 6.62. The number of nitrogens with zero attached hydrogens (tertiary/aromatic N) is 4. The molecule has 46 heavy (non-hydrogen) atoms. The molecule has 4 aromatic heterocycles. The van der Waals surface area contributed by atoms with E-state index >= 15 is 0 Å². The molecule has 1 aliphatic carbocycles. The molecule has 0 unspecified atom stereocenters. The van der Waals surface area contributed by atoms with Gasteiger partial charge in [0.05, 0.1) is 11.4 Å². The highest BCUT2D eigenvalue weighted by atomic mass is 16.4. The number of rotatable bonds is 4. The second-order valence-electron chi connectivity index (χ2n) is 11.4. The molecule has 0 fully saturated rings. The zero-order valence-electron chi connectivity index (χ0n) is 24.3. The highest BCUT2D eigenvalue weighted by Gasteiger charge is 2.24. The van der Waals surface area contributed by atoms with Crippen LogP contribution in [0.25, 0.3) is 101 Å². The molecule has 0 N–H and O–H groups in total. The minimum absolute atomic E-state index is 0.516. The molecule has 0 saturated carbocycles. The van der Waals surface area contributed by atoms with Crippen LogP contribution < -0.4 is 0 Å². The van der Waals surface area contributed by atoms with Crippen molar-refractivity contribution in [1.29, 1.82) is 0 Å². The molecule has 1 aliphatic rings. The summed E-state index contributed by atoms with van der Waals surface area (Å²) in [4.78, 5) is 19.3. The molecule has 214 valence electrons. The highest BCUT2D eigenvalue weighted by Crippen LogP contribution is 2.50. The summed E-state index contributed by atoms with van der Waals surface area (Å²) >= 11 is 0. The Hall–Kier alpha value is -6.40. The fourth-order valence-corrected chi connectivity index (χ4v) is 6.62. The summed E-state index contributed by atoms with van der Waals surface area (Å²) in [7, 11) is 0. The van der Waals surface area contributed by atoms with Crippen LogP contribution in [0.15, 0.2) is 142 Å². The molecule has 6 nitrogen and oxygen atoms in total. The zero-order valence-corrected chi connectivity index (χ0v) is 24.3. The van der Waals surface area contributed by atoms with E-state index in [1.165, 1.54) is 27.6 Å². The van der Waals surface area contributed by atoms with Crippen LogP contribution in [-0.2, 0) is 0 Å². The van der Waals surface area contributed by atoms with Crippen molar-refractivity contribution in [2.24, 2.45) is 0 Å². The average molecular weight is 591 g/mol. The maximum absolute atomic E-state index is 6.03. The van der Waals surface area contributed by atoms with E-state index < -0.39 is 0 Å². The Labute approximate surface area is 262 Å². The molecular formula is C40H22N4O2. The number of benzene rings is 5. The first-order chi connectivity index (χ1) is 22.8. The van der Waals surface area contributed by atoms with Crippen LogP contribution in [0.3, 0.4) is 0 Å². The van der Waals surface area contributed by atoms with Gasteiger partial charge >= 0.3 is 0 Å². The summed E-state index contributed by atoms with van der Waals surface area (Å²) in [6.07, 6.45) is 0. The minimum Gasteiger partial charge on any atom is -0.435 e. The SMILES string of the molecule is c1cc(-c2ccc3c(c2)-c2ccc(-c4cccc(-c5nc6ccccc6o5)n4)c4cccc-3c24)nc(-c2nc3ccccc3o2)c1. The number of pyridine rings is 2. The minimum atomic E-state index is 0.516. The van der Waals surface area contributed by atoms with Crippen molar-refractivity contribution in [2.45, 2.75) is 0 Å². The number of hydrogen-bond donors (Lipinski definition) is 0. The van der Waals surface area contributed by atoms with Crippen molar-refractivity contribution < 1.29 is 8.83 Å². The van der Waals surface area contributed by atoms with Crippen molar-refractivity contribution in [2.75, 3.05) is 0 Å². The lowest BCUT2D eigenvalue weighted by atomic mass is 9.96. The quantitative estimate of drug-likeness (QED) is 0.203. The first-order valence-electron chi connectivity index (χ1n) is 15.1. The third-order valence-corrected chi connectivity index (χ3v) is 8.74. The molecule has 9 aromatic rings.